The minimum Gasteiger partial charge on any atom is -0.326 e. The highest BCUT2D eigenvalue weighted by Crippen LogP contribution is 2.16. The van der Waals surface area contributed by atoms with Crippen LogP contribution in [0.2, 0.25) is 0 Å². The number of hydrogen-bond acceptors (Lipinski definition) is 3. The first-order valence-corrected chi connectivity index (χ1v) is 9.39. The quantitative estimate of drug-likeness (QED) is 0.578. The van der Waals surface area contributed by atoms with Crippen LogP contribution in [0.5, 0.6) is 0 Å². The van der Waals surface area contributed by atoms with Crippen molar-refractivity contribution in [2.75, 3.05) is 10.6 Å². The van der Waals surface area contributed by atoms with E-state index in [2.05, 4.69) is 26.6 Å². The molecule has 3 rings (SSSR count). The molecule has 0 aliphatic carbocycles. The maximum atomic E-state index is 13.3. The molecule has 29 heavy (non-hydrogen) atoms. The second-order valence-corrected chi connectivity index (χ2v) is 7.10. The minimum absolute atomic E-state index is 0.0974. The third kappa shape index (κ3) is 5.50. The number of amides is 2. The molecule has 2 amide bonds. The summed E-state index contributed by atoms with van der Waals surface area (Å²) in [5.74, 6) is -1.16. The number of nitrogens with one attached hydrogen (secondary N) is 2. The monoisotopic (exact) mass is 451 g/mol. The first-order chi connectivity index (χ1) is 13.9. The summed E-state index contributed by atoms with van der Waals surface area (Å²) < 4.78 is 14.2. The zero-order chi connectivity index (χ0) is 20.8. The molecular formula is C22H15BrFN3O2. The third-order valence-corrected chi connectivity index (χ3v) is 4.58. The van der Waals surface area contributed by atoms with Crippen LogP contribution in [0, 0.1) is 17.1 Å². The van der Waals surface area contributed by atoms with Crippen molar-refractivity contribution in [3.05, 3.63) is 93.7 Å². The van der Waals surface area contributed by atoms with Gasteiger partial charge in [0.05, 0.1) is 12.0 Å². The Labute approximate surface area is 175 Å². The zero-order valence-corrected chi connectivity index (χ0v) is 16.7. The van der Waals surface area contributed by atoms with E-state index in [0.29, 0.717) is 16.9 Å². The van der Waals surface area contributed by atoms with E-state index in [9.17, 15) is 14.0 Å². The summed E-state index contributed by atoms with van der Waals surface area (Å²) in [4.78, 5) is 24.4. The van der Waals surface area contributed by atoms with Crippen LogP contribution >= 0.6 is 15.9 Å². The second-order valence-electron chi connectivity index (χ2n) is 6.19. The van der Waals surface area contributed by atoms with E-state index in [1.807, 2.05) is 0 Å². The summed E-state index contributed by atoms with van der Waals surface area (Å²) in [5, 5.41) is 14.3. The van der Waals surface area contributed by atoms with E-state index in [-0.39, 0.29) is 23.8 Å². The van der Waals surface area contributed by atoms with Gasteiger partial charge in [0, 0.05) is 21.4 Å². The van der Waals surface area contributed by atoms with Crippen LogP contribution in [0.15, 0.2) is 71.2 Å². The maximum absolute atomic E-state index is 13.3. The average Bonchev–Trinajstić information content (AvgIpc) is 2.71. The van der Waals surface area contributed by atoms with Gasteiger partial charge in [-0.1, -0.05) is 28.1 Å². The molecule has 0 aromatic heterocycles. The Balaban J connectivity index is 1.58. The molecule has 3 aromatic rings. The lowest BCUT2D eigenvalue weighted by Gasteiger charge is -2.08. The molecule has 0 aliphatic rings. The van der Waals surface area contributed by atoms with Crippen molar-refractivity contribution in [2.45, 2.75) is 6.42 Å². The van der Waals surface area contributed by atoms with Crippen LogP contribution in [-0.2, 0) is 11.2 Å². The van der Waals surface area contributed by atoms with Gasteiger partial charge in [-0.25, -0.2) is 4.39 Å². The Morgan fingerprint density at radius 3 is 2.24 bits per heavy atom. The Morgan fingerprint density at radius 2 is 1.59 bits per heavy atom. The van der Waals surface area contributed by atoms with Gasteiger partial charge in [-0.15, -0.1) is 0 Å². The predicted octanol–water partition coefficient (Wildman–Crippen LogP) is 4.89. The van der Waals surface area contributed by atoms with Crippen LogP contribution in [0.25, 0.3) is 0 Å². The van der Waals surface area contributed by atoms with Crippen LogP contribution in [-0.4, -0.2) is 11.8 Å². The molecule has 5 nitrogen and oxygen atoms in total. The molecule has 0 saturated carbocycles. The SMILES string of the molecule is N#Cc1cc(NC(=O)Cc2ccc(NC(=O)c3ccc(Br)cc3)cc2)ccc1F. The van der Waals surface area contributed by atoms with Gasteiger partial charge in [0.15, 0.2) is 0 Å². The molecule has 0 saturated heterocycles. The van der Waals surface area contributed by atoms with E-state index in [1.54, 1.807) is 54.6 Å². The molecule has 2 N–H and O–H groups in total. The Morgan fingerprint density at radius 1 is 0.931 bits per heavy atom. The normalized spacial score (nSPS) is 10.1. The Kier molecular flexibility index (Phi) is 6.37. The molecule has 0 aliphatic heterocycles. The second kappa shape index (κ2) is 9.13. The van der Waals surface area contributed by atoms with E-state index < -0.39 is 5.82 Å². The molecule has 0 bridgehead atoms. The highest BCUT2D eigenvalue weighted by atomic mass is 79.9. The molecule has 0 unspecified atom stereocenters. The van der Waals surface area contributed by atoms with Crippen molar-refractivity contribution in [2.24, 2.45) is 0 Å². The van der Waals surface area contributed by atoms with Crippen LogP contribution in [0.3, 0.4) is 0 Å². The maximum Gasteiger partial charge on any atom is 0.255 e. The number of carbonyl (C=O) groups is 2. The van der Waals surface area contributed by atoms with Crippen molar-refractivity contribution < 1.29 is 14.0 Å². The molecule has 7 heteroatoms. The fraction of sp³-hybridized carbons (Fsp3) is 0.0455. The van der Waals surface area contributed by atoms with E-state index in [4.69, 9.17) is 5.26 Å². The molecule has 0 fully saturated rings. The van der Waals surface area contributed by atoms with Gasteiger partial charge < -0.3 is 10.6 Å². The van der Waals surface area contributed by atoms with Gasteiger partial charge in [-0.05, 0) is 60.2 Å². The van der Waals surface area contributed by atoms with Crippen molar-refractivity contribution in [3.8, 4) is 6.07 Å². The lowest BCUT2D eigenvalue weighted by atomic mass is 10.1. The van der Waals surface area contributed by atoms with Gasteiger partial charge in [0.1, 0.15) is 11.9 Å². The highest BCUT2D eigenvalue weighted by molar-refractivity contribution is 9.10. The standard InChI is InChI=1S/C22H15BrFN3O2/c23-17-5-3-15(4-6-17)22(29)27-18-7-1-14(2-8-18)11-21(28)26-19-9-10-20(24)16(12-19)13-25/h1-10,12H,11H2,(H,26,28)(H,27,29). The average molecular weight is 452 g/mol. The summed E-state index contributed by atoms with van der Waals surface area (Å²) in [6.45, 7) is 0. The number of carbonyl (C=O) groups excluding carboxylic acids is 2. The van der Waals surface area contributed by atoms with Gasteiger partial charge in [-0.2, -0.15) is 5.26 Å². The van der Waals surface area contributed by atoms with Crippen LogP contribution in [0.4, 0.5) is 15.8 Å². The summed E-state index contributed by atoms with van der Waals surface area (Å²) >= 11 is 3.32. The fourth-order valence-corrected chi connectivity index (χ4v) is 2.85. The molecule has 3 aromatic carbocycles. The van der Waals surface area contributed by atoms with Crippen molar-refractivity contribution in [3.63, 3.8) is 0 Å². The predicted molar refractivity (Wildman–Crippen MR) is 112 cm³/mol. The number of halogens is 2. The van der Waals surface area contributed by atoms with Gasteiger partial charge in [0.25, 0.3) is 5.91 Å². The first-order valence-electron chi connectivity index (χ1n) is 8.60. The summed E-state index contributed by atoms with van der Waals surface area (Å²) in [5.41, 5.74) is 2.11. The molecule has 144 valence electrons. The third-order valence-electron chi connectivity index (χ3n) is 4.05. The molecule has 0 spiro atoms. The van der Waals surface area contributed by atoms with E-state index >= 15 is 0 Å². The lowest BCUT2D eigenvalue weighted by molar-refractivity contribution is -0.115. The number of anilines is 2. The van der Waals surface area contributed by atoms with Gasteiger partial charge >= 0.3 is 0 Å². The van der Waals surface area contributed by atoms with E-state index in [1.165, 1.54) is 12.1 Å². The summed E-state index contributed by atoms with van der Waals surface area (Å²) in [6.07, 6.45) is 0.0974. The topological polar surface area (TPSA) is 82.0 Å². The summed E-state index contributed by atoms with van der Waals surface area (Å²) in [7, 11) is 0. The molecular weight excluding hydrogens is 437 g/mol. The first kappa shape index (κ1) is 20.2. The Bertz CT molecular complexity index is 1090. The van der Waals surface area contributed by atoms with Crippen LogP contribution in [0.1, 0.15) is 21.5 Å². The van der Waals surface area contributed by atoms with Crippen molar-refractivity contribution in [1.82, 2.24) is 0 Å². The number of hydrogen-bond donors (Lipinski definition) is 2. The number of rotatable bonds is 5. The molecule has 0 atom stereocenters. The Hall–Kier alpha value is -3.50. The van der Waals surface area contributed by atoms with Gasteiger partial charge in [0.2, 0.25) is 5.91 Å². The molecule has 0 heterocycles. The number of nitriles is 1. The number of benzene rings is 3. The van der Waals surface area contributed by atoms with Gasteiger partial charge in [-0.3, -0.25) is 9.59 Å². The number of nitrogens with zero attached hydrogens (tertiary/aromatic N) is 1. The zero-order valence-electron chi connectivity index (χ0n) is 15.1. The van der Waals surface area contributed by atoms with E-state index in [0.717, 1.165) is 16.1 Å². The fourth-order valence-electron chi connectivity index (χ4n) is 2.59. The minimum atomic E-state index is -0.633. The van der Waals surface area contributed by atoms with Crippen LogP contribution < -0.4 is 10.6 Å². The van der Waals surface area contributed by atoms with Crippen molar-refractivity contribution >= 4 is 39.1 Å². The summed E-state index contributed by atoms with van der Waals surface area (Å²) in [6, 6.07) is 19.5. The highest BCUT2D eigenvalue weighted by Gasteiger charge is 2.09. The smallest absolute Gasteiger partial charge is 0.255 e. The molecule has 0 radical (unpaired) electrons. The lowest BCUT2D eigenvalue weighted by Crippen LogP contribution is -2.15. The largest absolute Gasteiger partial charge is 0.326 e. The van der Waals surface area contributed by atoms with Crippen molar-refractivity contribution in [1.29, 1.82) is 5.26 Å².